The van der Waals surface area contributed by atoms with Gasteiger partial charge in [0.05, 0.1) is 12.6 Å². The molecule has 0 saturated carbocycles. The van der Waals surface area contributed by atoms with Gasteiger partial charge >= 0.3 is 0 Å². The Morgan fingerprint density at radius 1 is 1.44 bits per heavy atom. The van der Waals surface area contributed by atoms with Gasteiger partial charge in [0, 0.05) is 13.7 Å². The Labute approximate surface area is 114 Å². The number of hydrogen-bond acceptors (Lipinski definition) is 4. The molecule has 2 fully saturated rings. The highest BCUT2D eigenvalue weighted by atomic mass is 35.5. The quantitative estimate of drug-likeness (QED) is 0.788. The molecule has 6 heteroatoms. The van der Waals surface area contributed by atoms with E-state index in [4.69, 9.17) is 9.47 Å². The number of piperidine rings is 1. The number of amides is 1. The third-order valence-electron chi connectivity index (χ3n) is 3.71. The lowest BCUT2D eigenvalue weighted by molar-refractivity contribution is -0.148. The van der Waals surface area contributed by atoms with Crippen molar-refractivity contribution in [3.05, 3.63) is 0 Å². The monoisotopic (exact) mass is 278 g/mol. The van der Waals surface area contributed by atoms with Gasteiger partial charge in [-0.05, 0) is 38.8 Å². The lowest BCUT2D eigenvalue weighted by Gasteiger charge is -2.36. The smallest absolute Gasteiger partial charge is 0.252 e. The van der Waals surface area contributed by atoms with E-state index >= 15 is 0 Å². The Bertz CT molecular complexity index is 264. The van der Waals surface area contributed by atoms with Crippen LogP contribution >= 0.6 is 12.4 Å². The lowest BCUT2D eigenvalue weighted by Crippen LogP contribution is -2.57. The van der Waals surface area contributed by atoms with Crippen molar-refractivity contribution >= 4 is 18.3 Å². The first kappa shape index (κ1) is 15.7. The molecule has 1 amide bonds. The van der Waals surface area contributed by atoms with Crippen LogP contribution in [0.3, 0.4) is 0 Å². The minimum absolute atomic E-state index is 0. The predicted octanol–water partition coefficient (Wildman–Crippen LogP) is 0.472. The standard InChI is InChI=1S/C12H22N2O3.ClH/c1-16-12(4-6-13-7-5-12)11(15)14-10-3-2-8-17-9-10;/h10,13H,2-9H2,1H3,(H,14,15);1H. The molecule has 0 aliphatic carbocycles. The molecule has 0 spiro atoms. The lowest BCUT2D eigenvalue weighted by atomic mass is 9.90. The average molecular weight is 279 g/mol. The van der Waals surface area contributed by atoms with Crippen molar-refractivity contribution in [2.45, 2.75) is 37.3 Å². The van der Waals surface area contributed by atoms with E-state index in [2.05, 4.69) is 10.6 Å². The number of hydrogen-bond donors (Lipinski definition) is 2. The average Bonchev–Trinajstić information content (AvgIpc) is 2.40. The van der Waals surface area contributed by atoms with Gasteiger partial charge in [-0.2, -0.15) is 0 Å². The summed E-state index contributed by atoms with van der Waals surface area (Å²) in [5.41, 5.74) is -0.636. The molecule has 2 saturated heterocycles. The zero-order valence-corrected chi connectivity index (χ0v) is 11.7. The van der Waals surface area contributed by atoms with Gasteiger partial charge in [-0.15, -0.1) is 12.4 Å². The van der Waals surface area contributed by atoms with E-state index in [-0.39, 0.29) is 24.4 Å². The van der Waals surface area contributed by atoms with E-state index in [0.29, 0.717) is 6.61 Å². The Kier molecular flexibility index (Phi) is 6.35. The van der Waals surface area contributed by atoms with Gasteiger partial charge in [-0.3, -0.25) is 4.79 Å². The SMILES string of the molecule is COC1(C(=O)NC2CCCOC2)CCNCC1.Cl. The second kappa shape index (κ2) is 7.28. The van der Waals surface area contributed by atoms with E-state index in [1.54, 1.807) is 7.11 Å². The van der Waals surface area contributed by atoms with Gasteiger partial charge < -0.3 is 20.1 Å². The summed E-state index contributed by atoms with van der Waals surface area (Å²) in [7, 11) is 1.63. The van der Waals surface area contributed by atoms with Crippen LogP contribution in [0.15, 0.2) is 0 Å². The summed E-state index contributed by atoms with van der Waals surface area (Å²) in [4.78, 5) is 12.3. The number of ether oxygens (including phenoxy) is 2. The molecule has 106 valence electrons. The Balaban J connectivity index is 0.00000162. The van der Waals surface area contributed by atoms with Gasteiger partial charge in [0.1, 0.15) is 5.60 Å². The molecule has 5 nitrogen and oxygen atoms in total. The van der Waals surface area contributed by atoms with Crippen molar-refractivity contribution < 1.29 is 14.3 Å². The Hall–Kier alpha value is -0.360. The van der Waals surface area contributed by atoms with Gasteiger partial charge in [-0.25, -0.2) is 0 Å². The van der Waals surface area contributed by atoms with Gasteiger partial charge in [0.2, 0.25) is 0 Å². The molecule has 0 bridgehead atoms. The fraction of sp³-hybridized carbons (Fsp3) is 0.917. The van der Waals surface area contributed by atoms with Gasteiger partial charge in [0.25, 0.3) is 5.91 Å². The van der Waals surface area contributed by atoms with Crippen molar-refractivity contribution in [3.8, 4) is 0 Å². The zero-order valence-electron chi connectivity index (χ0n) is 10.9. The Morgan fingerprint density at radius 2 is 2.17 bits per heavy atom. The normalized spacial score (nSPS) is 27.1. The molecule has 2 aliphatic rings. The van der Waals surface area contributed by atoms with Crippen LogP contribution < -0.4 is 10.6 Å². The van der Waals surface area contributed by atoms with E-state index in [9.17, 15) is 4.79 Å². The zero-order chi connectivity index (χ0) is 12.1. The number of carbonyl (C=O) groups excluding carboxylic acids is 1. The highest BCUT2D eigenvalue weighted by Gasteiger charge is 2.40. The second-order valence-corrected chi connectivity index (χ2v) is 4.84. The minimum atomic E-state index is -0.636. The summed E-state index contributed by atoms with van der Waals surface area (Å²) in [6.07, 6.45) is 3.50. The number of carbonyl (C=O) groups is 1. The number of rotatable bonds is 3. The molecule has 0 aromatic rings. The third kappa shape index (κ3) is 3.57. The fourth-order valence-electron chi connectivity index (χ4n) is 2.53. The van der Waals surface area contributed by atoms with Crippen molar-refractivity contribution in [2.75, 3.05) is 33.4 Å². The first-order valence-electron chi connectivity index (χ1n) is 6.41. The van der Waals surface area contributed by atoms with Crippen molar-refractivity contribution in [3.63, 3.8) is 0 Å². The van der Waals surface area contributed by atoms with Crippen LogP contribution in [-0.4, -0.2) is 51.0 Å². The van der Waals surface area contributed by atoms with Crippen LogP contribution in [0.4, 0.5) is 0 Å². The fourth-order valence-corrected chi connectivity index (χ4v) is 2.53. The van der Waals surface area contributed by atoms with Crippen molar-refractivity contribution in [1.29, 1.82) is 0 Å². The maximum atomic E-state index is 12.3. The van der Waals surface area contributed by atoms with Crippen LogP contribution in [-0.2, 0) is 14.3 Å². The molecule has 2 rings (SSSR count). The molecule has 1 unspecified atom stereocenters. The molecular weight excluding hydrogens is 256 g/mol. The molecule has 2 aliphatic heterocycles. The molecule has 0 aromatic carbocycles. The number of halogens is 1. The predicted molar refractivity (Wildman–Crippen MR) is 71.1 cm³/mol. The maximum absolute atomic E-state index is 12.3. The van der Waals surface area contributed by atoms with Gasteiger partial charge in [0.15, 0.2) is 0 Å². The topological polar surface area (TPSA) is 59.6 Å². The van der Waals surface area contributed by atoms with E-state index in [0.717, 1.165) is 45.4 Å². The summed E-state index contributed by atoms with van der Waals surface area (Å²) in [6, 6.07) is 0.151. The summed E-state index contributed by atoms with van der Waals surface area (Å²) in [6.45, 7) is 3.11. The molecule has 1 atom stereocenters. The van der Waals surface area contributed by atoms with E-state index < -0.39 is 5.60 Å². The number of nitrogens with one attached hydrogen (secondary N) is 2. The second-order valence-electron chi connectivity index (χ2n) is 4.84. The summed E-state index contributed by atoms with van der Waals surface area (Å²) in [5.74, 6) is 0.0250. The highest BCUT2D eigenvalue weighted by molar-refractivity contribution is 5.86. The Morgan fingerprint density at radius 3 is 2.72 bits per heavy atom. The van der Waals surface area contributed by atoms with Crippen LogP contribution in [0.25, 0.3) is 0 Å². The first-order valence-corrected chi connectivity index (χ1v) is 6.41. The molecule has 18 heavy (non-hydrogen) atoms. The van der Waals surface area contributed by atoms with Crippen molar-refractivity contribution in [1.82, 2.24) is 10.6 Å². The molecular formula is C12H23ClN2O3. The maximum Gasteiger partial charge on any atom is 0.252 e. The van der Waals surface area contributed by atoms with Crippen LogP contribution in [0.5, 0.6) is 0 Å². The van der Waals surface area contributed by atoms with E-state index in [1.165, 1.54) is 0 Å². The minimum Gasteiger partial charge on any atom is -0.379 e. The summed E-state index contributed by atoms with van der Waals surface area (Å²) >= 11 is 0. The van der Waals surface area contributed by atoms with Crippen LogP contribution in [0.2, 0.25) is 0 Å². The van der Waals surface area contributed by atoms with Crippen LogP contribution in [0, 0.1) is 0 Å². The van der Waals surface area contributed by atoms with E-state index in [1.807, 2.05) is 0 Å². The molecule has 0 aromatic heterocycles. The summed E-state index contributed by atoms with van der Waals surface area (Å²) < 4.78 is 10.9. The molecule has 2 heterocycles. The first-order chi connectivity index (χ1) is 8.27. The molecule has 0 radical (unpaired) electrons. The third-order valence-corrected chi connectivity index (χ3v) is 3.71. The van der Waals surface area contributed by atoms with Gasteiger partial charge in [-0.1, -0.05) is 0 Å². The molecule has 2 N–H and O–H groups in total. The van der Waals surface area contributed by atoms with Crippen molar-refractivity contribution in [2.24, 2.45) is 0 Å². The highest BCUT2D eigenvalue weighted by Crippen LogP contribution is 2.23. The van der Waals surface area contributed by atoms with Crippen LogP contribution in [0.1, 0.15) is 25.7 Å². The largest absolute Gasteiger partial charge is 0.379 e. The number of methoxy groups -OCH3 is 1. The summed E-state index contributed by atoms with van der Waals surface area (Å²) in [5, 5.41) is 6.31.